The van der Waals surface area contributed by atoms with E-state index in [9.17, 15) is 18.0 Å². The minimum absolute atomic E-state index is 0.216. The lowest BCUT2D eigenvalue weighted by molar-refractivity contribution is -0.274. The second kappa shape index (κ2) is 8.10. The maximum Gasteiger partial charge on any atom is 0.573 e. The topological polar surface area (TPSA) is 60.0 Å². The predicted molar refractivity (Wildman–Crippen MR) is 101 cm³/mol. The van der Waals surface area contributed by atoms with Crippen LogP contribution < -0.4 is 19.5 Å². The first kappa shape index (κ1) is 20.6. The maximum absolute atomic E-state index is 12.7. The van der Waals surface area contributed by atoms with Gasteiger partial charge < -0.3 is 24.4 Å². The van der Waals surface area contributed by atoms with Gasteiger partial charge in [0.05, 0.1) is 20.3 Å². The Balaban J connectivity index is 1.72. The van der Waals surface area contributed by atoms with Gasteiger partial charge in [0, 0.05) is 12.2 Å². The molecule has 1 N–H and O–H groups in total. The molecule has 1 heterocycles. The summed E-state index contributed by atoms with van der Waals surface area (Å²) in [7, 11) is 3.12. The lowest BCUT2D eigenvalue weighted by atomic mass is 9.93. The molecule has 0 fully saturated rings. The maximum atomic E-state index is 12.7. The number of hydrogen-bond acceptors (Lipinski definition) is 4. The highest BCUT2D eigenvalue weighted by Gasteiger charge is 2.31. The summed E-state index contributed by atoms with van der Waals surface area (Å²) < 4.78 is 51.2. The minimum atomic E-state index is -4.76. The highest BCUT2D eigenvalue weighted by atomic mass is 19.4. The molecule has 9 heteroatoms. The summed E-state index contributed by atoms with van der Waals surface area (Å²) >= 11 is 0. The minimum Gasteiger partial charge on any atom is -0.493 e. The third kappa shape index (κ3) is 4.67. The molecular weight excluding hydrogens is 389 g/mol. The number of anilines is 1. The molecule has 2 aromatic carbocycles. The number of urea groups is 1. The zero-order chi connectivity index (χ0) is 21.2. The van der Waals surface area contributed by atoms with E-state index in [2.05, 4.69) is 10.1 Å². The highest BCUT2D eigenvalue weighted by molar-refractivity contribution is 5.90. The van der Waals surface area contributed by atoms with E-state index in [-0.39, 0.29) is 17.8 Å². The molecule has 0 aliphatic carbocycles. The van der Waals surface area contributed by atoms with Crippen LogP contribution in [0.3, 0.4) is 0 Å². The summed E-state index contributed by atoms with van der Waals surface area (Å²) in [4.78, 5) is 14.4. The molecular formula is C20H21F3N2O4. The predicted octanol–water partition coefficient (Wildman–Crippen LogP) is 4.75. The first-order valence-electron chi connectivity index (χ1n) is 8.90. The average Bonchev–Trinajstić information content (AvgIpc) is 2.67. The van der Waals surface area contributed by atoms with Crippen LogP contribution in [0.2, 0.25) is 0 Å². The number of nitrogens with one attached hydrogen (secondary N) is 1. The number of carbonyl (C=O) groups excluding carboxylic acids is 1. The van der Waals surface area contributed by atoms with Gasteiger partial charge in [-0.2, -0.15) is 0 Å². The summed E-state index contributed by atoms with van der Waals surface area (Å²) in [5.74, 6) is 0.870. The van der Waals surface area contributed by atoms with Gasteiger partial charge in [-0.25, -0.2) is 4.79 Å². The number of benzene rings is 2. The quantitative estimate of drug-likeness (QED) is 0.790. The molecule has 0 spiro atoms. The number of methoxy groups -OCH3 is 2. The fourth-order valence-corrected chi connectivity index (χ4v) is 3.36. The molecule has 1 atom stereocenters. The van der Waals surface area contributed by atoms with Crippen molar-refractivity contribution in [1.29, 1.82) is 0 Å². The number of ether oxygens (including phenoxy) is 3. The number of alkyl halides is 3. The lowest BCUT2D eigenvalue weighted by Gasteiger charge is -2.35. The van der Waals surface area contributed by atoms with Crippen LogP contribution in [-0.2, 0) is 6.42 Å². The van der Waals surface area contributed by atoms with E-state index in [0.717, 1.165) is 23.3 Å². The van der Waals surface area contributed by atoms with Crippen molar-refractivity contribution in [3.05, 3.63) is 47.5 Å². The fraction of sp³-hybridized carbons (Fsp3) is 0.350. The molecule has 6 nitrogen and oxygen atoms in total. The van der Waals surface area contributed by atoms with Gasteiger partial charge in [0.15, 0.2) is 11.5 Å². The lowest BCUT2D eigenvalue weighted by Crippen LogP contribution is -2.41. The monoisotopic (exact) mass is 410 g/mol. The van der Waals surface area contributed by atoms with Gasteiger partial charge in [0.1, 0.15) is 5.75 Å². The molecule has 0 bridgehead atoms. The van der Waals surface area contributed by atoms with Crippen molar-refractivity contribution < 1.29 is 32.2 Å². The first-order valence-corrected chi connectivity index (χ1v) is 8.90. The van der Waals surface area contributed by atoms with Crippen molar-refractivity contribution in [2.75, 3.05) is 26.1 Å². The largest absolute Gasteiger partial charge is 0.573 e. The highest BCUT2D eigenvalue weighted by Crippen LogP contribution is 2.38. The van der Waals surface area contributed by atoms with Crippen LogP contribution in [0.1, 0.15) is 24.1 Å². The Labute approximate surface area is 166 Å². The van der Waals surface area contributed by atoms with Crippen molar-refractivity contribution >= 4 is 11.7 Å². The molecule has 0 unspecified atom stereocenters. The van der Waals surface area contributed by atoms with Crippen molar-refractivity contribution in [3.63, 3.8) is 0 Å². The van der Waals surface area contributed by atoms with Crippen LogP contribution in [-0.4, -0.2) is 38.1 Å². The summed E-state index contributed by atoms with van der Waals surface area (Å²) in [5, 5.41) is 2.71. The van der Waals surface area contributed by atoms with Crippen molar-refractivity contribution in [3.8, 4) is 17.2 Å². The Morgan fingerprint density at radius 1 is 1.10 bits per heavy atom. The van der Waals surface area contributed by atoms with Gasteiger partial charge in [0.25, 0.3) is 0 Å². The fourth-order valence-electron chi connectivity index (χ4n) is 3.36. The summed E-state index contributed by atoms with van der Waals surface area (Å²) in [6.07, 6.45) is -4.11. The Morgan fingerprint density at radius 2 is 1.72 bits per heavy atom. The van der Waals surface area contributed by atoms with Crippen molar-refractivity contribution in [2.24, 2.45) is 0 Å². The van der Waals surface area contributed by atoms with E-state index in [1.807, 2.05) is 19.1 Å². The molecule has 0 saturated carbocycles. The van der Waals surface area contributed by atoms with Crippen LogP contribution in [0.15, 0.2) is 36.4 Å². The first-order chi connectivity index (χ1) is 13.7. The molecule has 29 heavy (non-hydrogen) atoms. The summed E-state index contributed by atoms with van der Waals surface area (Å²) in [6, 6.07) is 8.23. The molecule has 0 aromatic heterocycles. The molecule has 0 saturated heterocycles. The molecule has 3 rings (SSSR count). The number of halogens is 3. The smallest absolute Gasteiger partial charge is 0.493 e. The number of fused-ring (bicyclic) bond motifs is 1. The number of hydrogen-bond donors (Lipinski definition) is 1. The van der Waals surface area contributed by atoms with Crippen molar-refractivity contribution in [1.82, 2.24) is 4.90 Å². The number of nitrogens with zero attached hydrogens (tertiary/aromatic N) is 1. The van der Waals surface area contributed by atoms with Crippen LogP contribution in [0.25, 0.3) is 0 Å². The molecule has 2 amide bonds. The zero-order valence-corrected chi connectivity index (χ0v) is 16.2. The molecule has 156 valence electrons. The Kier molecular flexibility index (Phi) is 5.76. The van der Waals surface area contributed by atoms with Crippen LogP contribution >= 0.6 is 0 Å². The van der Waals surface area contributed by atoms with Gasteiger partial charge in [-0.05, 0) is 60.9 Å². The van der Waals surface area contributed by atoms with E-state index in [4.69, 9.17) is 9.47 Å². The molecule has 2 aromatic rings. The third-order valence-electron chi connectivity index (χ3n) is 4.79. The second-order valence-electron chi connectivity index (χ2n) is 6.53. The number of amides is 2. The molecule has 1 aliphatic rings. The van der Waals surface area contributed by atoms with Crippen LogP contribution in [0.4, 0.5) is 23.7 Å². The number of rotatable bonds is 4. The van der Waals surface area contributed by atoms with Gasteiger partial charge in [-0.1, -0.05) is 0 Å². The van der Waals surface area contributed by atoms with Gasteiger partial charge in [0.2, 0.25) is 0 Å². The standard InChI is InChI=1S/C20H21F3N2O4/c1-12-16-11-18(28-3)17(27-2)10-13(16)8-9-25(12)19(26)24-14-4-6-15(7-5-14)29-20(21,22)23/h4-7,10-12H,8-9H2,1-3H3,(H,24,26)/t12-/m0/s1. The Hall–Kier alpha value is -3.10. The molecule has 0 radical (unpaired) electrons. The van der Waals surface area contributed by atoms with E-state index >= 15 is 0 Å². The van der Waals surface area contributed by atoms with E-state index in [1.54, 1.807) is 19.1 Å². The van der Waals surface area contributed by atoms with Gasteiger partial charge in [-0.3, -0.25) is 0 Å². The summed E-state index contributed by atoms with van der Waals surface area (Å²) in [6.45, 7) is 2.40. The van der Waals surface area contributed by atoms with Crippen LogP contribution in [0.5, 0.6) is 17.2 Å². The number of carbonyl (C=O) groups is 1. The van der Waals surface area contributed by atoms with Crippen molar-refractivity contribution in [2.45, 2.75) is 25.7 Å². The SMILES string of the molecule is COc1cc2c(cc1OC)[C@H](C)N(C(=O)Nc1ccc(OC(F)(F)F)cc1)CC2. The van der Waals surface area contributed by atoms with Crippen LogP contribution in [0, 0.1) is 0 Å². The second-order valence-corrected chi connectivity index (χ2v) is 6.53. The van der Waals surface area contributed by atoms with E-state index in [0.29, 0.717) is 30.2 Å². The normalized spacial score (nSPS) is 16.1. The average molecular weight is 410 g/mol. The third-order valence-corrected chi connectivity index (χ3v) is 4.79. The van der Waals surface area contributed by atoms with E-state index < -0.39 is 6.36 Å². The Bertz CT molecular complexity index is 885. The molecule has 1 aliphatic heterocycles. The van der Waals surface area contributed by atoms with E-state index in [1.165, 1.54) is 12.1 Å². The van der Waals surface area contributed by atoms with Gasteiger partial charge >= 0.3 is 12.4 Å². The summed E-state index contributed by atoms with van der Waals surface area (Å²) in [5.41, 5.74) is 2.40. The zero-order valence-electron chi connectivity index (χ0n) is 16.2. The Morgan fingerprint density at radius 3 is 2.31 bits per heavy atom. The van der Waals surface area contributed by atoms with Gasteiger partial charge in [-0.15, -0.1) is 13.2 Å².